The van der Waals surface area contributed by atoms with Gasteiger partial charge < -0.3 is 10.2 Å². The molecule has 0 amide bonds. The summed E-state index contributed by atoms with van der Waals surface area (Å²) in [5.41, 5.74) is 2.70. The van der Waals surface area contributed by atoms with Crippen LogP contribution >= 0.6 is 11.6 Å². The second kappa shape index (κ2) is 6.76. The number of pyridine rings is 1. The number of rotatable bonds is 5. The Kier molecular flexibility index (Phi) is 5.02. The molecule has 21 heavy (non-hydrogen) atoms. The Labute approximate surface area is 129 Å². The lowest BCUT2D eigenvalue weighted by Gasteiger charge is -2.20. The SMILES string of the molecule is CCC(Nc1ccc(N(C)C)c(Cl)c1)c1ccc(F)cn1. The Morgan fingerprint density at radius 2 is 2.05 bits per heavy atom. The van der Waals surface area contributed by atoms with Crippen LogP contribution in [0.4, 0.5) is 15.8 Å². The molecule has 2 aromatic rings. The van der Waals surface area contributed by atoms with Crippen molar-refractivity contribution in [3.05, 3.63) is 53.1 Å². The first-order valence-electron chi connectivity index (χ1n) is 6.86. The summed E-state index contributed by atoms with van der Waals surface area (Å²) >= 11 is 6.27. The van der Waals surface area contributed by atoms with Gasteiger partial charge >= 0.3 is 0 Å². The summed E-state index contributed by atoms with van der Waals surface area (Å²) in [6.45, 7) is 2.05. The zero-order valence-electron chi connectivity index (χ0n) is 12.4. The number of aromatic nitrogens is 1. The molecule has 1 unspecified atom stereocenters. The van der Waals surface area contributed by atoms with Crippen molar-refractivity contribution in [2.24, 2.45) is 0 Å². The number of hydrogen-bond donors (Lipinski definition) is 1. The van der Waals surface area contributed by atoms with E-state index in [1.165, 1.54) is 12.3 Å². The van der Waals surface area contributed by atoms with Gasteiger partial charge in [-0.25, -0.2) is 4.39 Å². The summed E-state index contributed by atoms with van der Waals surface area (Å²) in [6.07, 6.45) is 2.08. The first-order valence-corrected chi connectivity index (χ1v) is 7.24. The highest BCUT2D eigenvalue weighted by atomic mass is 35.5. The third-order valence-corrected chi connectivity index (χ3v) is 3.59. The zero-order chi connectivity index (χ0) is 15.4. The Hall–Kier alpha value is -1.81. The number of hydrogen-bond acceptors (Lipinski definition) is 3. The smallest absolute Gasteiger partial charge is 0.141 e. The average Bonchev–Trinajstić information content (AvgIpc) is 2.45. The van der Waals surface area contributed by atoms with Crippen LogP contribution in [0, 0.1) is 5.82 Å². The van der Waals surface area contributed by atoms with Crippen LogP contribution in [-0.2, 0) is 0 Å². The van der Waals surface area contributed by atoms with Gasteiger partial charge in [0.25, 0.3) is 0 Å². The molecule has 1 atom stereocenters. The molecule has 1 aromatic carbocycles. The fraction of sp³-hybridized carbons (Fsp3) is 0.312. The number of halogens is 2. The van der Waals surface area contributed by atoms with Crippen LogP contribution in [0.15, 0.2) is 36.5 Å². The minimum absolute atomic E-state index is 0.0203. The van der Waals surface area contributed by atoms with E-state index in [1.54, 1.807) is 6.07 Å². The van der Waals surface area contributed by atoms with Crippen LogP contribution in [0.25, 0.3) is 0 Å². The van der Waals surface area contributed by atoms with Crippen molar-refractivity contribution >= 4 is 23.0 Å². The quantitative estimate of drug-likeness (QED) is 0.881. The summed E-state index contributed by atoms with van der Waals surface area (Å²) in [5, 5.41) is 4.07. The summed E-state index contributed by atoms with van der Waals surface area (Å²) in [5.74, 6) is -0.327. The van der Waals surface area contributed by atoms with E-state index >= 15 is 0 Å². The molecule has 0 aliphatic heterocycles. The molecule has 1 N–H and O–H groups in total. The van der Waals surface area contributed by atoms with E-state index in [2.05, 4.69) is 17.2 Å². The molecule has 0 radical (unpaired) electrons. The fourth-order valence-electron chi connectivity index (χ4n) is 2.14. The minimum Gasteiger partial charge on any atom is -0.377 e. The highest BCUT2D eigenvalue weighted by Crippen LogP contribution is 2.29. The number of benzene rings is 1. The largest absolute Gasteiger partial charge is 0.377 e. The van der Waals surface area contributed by atoms with Gasteiger partial charge in [-0.3, -0.25) is 4.98 Å². The van der Waals surface area contributed by atoms with Crippen LogP contribution in [-0.4, -0.2) is 19.1 Å². The lowest BCUT2D eigenvalue weighted by atomic mass is 10.1. The van der Waals surface area contributed by atoms with Gasteiger partial charge in [-0.2, -0.15) is 0 Å². The second-order valence-electron chi connectivity index (χ2n) is 5.07. The molecular weight excluding hydrogens is 289 g/mol. The molecule has 1 heterocycles. The standard InChI is InChI=1S/C16H19ClFN3/c1-4-14(15-7-5-11(18)10-19-15)20-12-6-8-16(21(2)3)13(17)9-12/h5-10,14,20H,4H2,1-3H3. The summed E-state index contributed by atoms with van der Waals surface area (Å²) < 4.78 is 12.9. The van der Waals surface area contributed by atoms with E-state index in [0.29, 0.717) is 5.02 Å². The van der Waals surface area contributed by atoms with Gasteiger partial charge in [0.2, 0.25) is 0 Å². The van der Waals surface area contributed by atoms with E-state index in [0.717, 1.165) is 23.5 Å². The molecule has 112 valence electrons. The monoisotopic (exact) mass is 307 g/mol. The van der Waals surface area contributed by atoms with Crippen LogP contribution in [0.5, 0.6) is 0 Å². The summed E-state index contributed by atoms with van der Waals surface area (Å²) in [6, 6.07) is 8.99. The second-order valence-corrected chi connectivity index (χ2v) is 5.47. The first-order chi connectivity index (χ1) is 10.0. The average molecular weight is 308 g/mol. The van der Waals surface area contributed by atoms with Gasteiger partial charge in [-0.1, -0.05) is 18.5 Å². The maximum atomic E-state index is 12.9. The maximum absolute atomic E-state index is 12.9. The Balaban J connectivity index is 2.19. The van der Waals surface area contributed by atoms with E-state index in [4.69, 9.17) is 11.6 Å². The zero-order valence-corrected chi connectivity index (χ0v) is 13.2. The van der Waals surface area contributed by atoms with Crippen molar-refractivity contribution in [3.63, 3.8) is 0 Å². The Morgan fingerprint density at radius 1 is 1.29 bits per heavy atom. The molecule has 2 rings (SSSR count). The van der Waals surface area contributed by atoms with Gasteiger partial charge in [0, 0.05) is 19.8 Å². The van der Waals surface area contributed by atoms with Crippen LogP contribution in [0.2, 0.25) is 5.02 Å². The molecule has 0 fully saturated rings. The molecule has 1 aromatic heterocycles. The summed E-state index contributed by atoms with van der Waals surface area (Å²) in [7, 11) is 3.90. The van der Waals surface area contributed by atoms with E-state index < -0.39 is 0 Å². The number of nitrogens with zero attached hydrogens (tertiary/aromatic N) is 2. The van der Waals surface area contributed by atoms with Crippen LogP contribution in [0.1, 0.15) is 25.1 Å². The molecule has 0 spiro atoms. The Bertz CT molecular complexity index is 599. The fourth-order valence-corrected chi connectivity index (χ4v) is 2.49. The van der Waals surface area contributed by atoms with Gasteiger partial charge in [0.05, 0.1) is 28.6 Å². The molecule has 0 saturated heterocycles. The highest BCUT2D eigenvalue weighted by Gasteiger charge is 2.12. The Morgan fingerprint density at radius 3 is 2.57 bits per heavy atom. The lowest BCUT2D eigenvalue weighted by molar-refractivity contribution is 0.614. The van der Waals surface area contributed by atoms with Crippen molar-refractivity contribution in [2.45, 2.75) is 19.4 Å². The predicted molar refractivity (Wildman–Crippen MR) is 86.6 cm³/mol. The van der Waals surface area contributed by atoms with E-state index in [1.807, 2.05) is 37.2 Å². The minimum atomic E-state index is -0.327. The van der Waals surface area contributed by atoms with Crippen molar-refractivity contribution in [1.82, 2.24) is 4.98 Å². The van der Waals surface area contributed by atoms with Crippen molar-refractivity contribution in [1.29, 1.82) is 0 Å². The topological polar surface area (TPSA) is 28.2 Å². The van der Waals surface area contributed by atoms with Crippen LogP contribution in [0.3, 0.4) is 0 Å². The van der Waals surface area contributed by atoms with Gasteiger partial charge in [0.15, 0.2) is 0 Å². The van der Waals surface area contributed by atoms with Crippen molar-refractivity contribution in [3.8, 4) is 0 Å². The first kappa shape index (κ1) is 15.6. The molecule has 0 aliphatic carbocycles. The molecule has 0 bridgehead atoms. The normalized spacial score (nSPS) is 12.0. The molecule has 0 aliphatic rings. The van der Waals surface area contributed by atoms with Gasteiger partial charge in [-0.15, -0.1) is 0 Å². The molecule has 3 nitrogen and oxygen atoms in total. The van der Waals surface area contributed by atoms with E-state index in [-0.39, 0.29) is 11.9 Å². The van der Waals surface area contributed by atoms with Crippen molar-refractivity contribution < 1.29 is 4.39 Å². The van der Waals surface area contributed by atoms with Gasteiger partial charge in [0.1, 0.15) is 5.82 Å². The molecular formula is C16H19ClFN3. The maximum Gasteiger partial charge on any atom is 0.141 e. The number of nitrogens with one attached hydrogen (secondary N) is 1. The van der Waals surface area contributed by atoms with Gasteiger partial charge in [-0.05, 0) is 36.8 Å². The van der Waals surface area contributed by atoms with E-state index in [9.17, 15) is 4.39 Å². The molecule has 5 heteroatoms. The lowest BCUT2D eigenvalue weighted by Crippen LogP contribution is -2.12. The third-order valence-electron chi connectivity index (χ3n) is 3.29. The summed E-state index contributed by atoms with van der Waals surface area (Å²) in [4.78, 5) is 6.10. The number of anilines is 2. The molecule has 0 saturated carbocycles. The van der Waals surface area contributed by atoms with Crippen LogP contribution < -0.4 is 10.2 Å². The highest BCUT2D eigenvalue weighted by molar-refractivity contribution is 6.33. The third kappa shape index (κ3) is 3.85. The van der Waals surface area contributed by atoms with Crippen molar-refractivity contribution in [2.75, 3.05) is 24.3 Å². The predicted octanol–water partition coefficient (Wildman–Crippen LogP) is 4.50.